The summed E-state index contributed by atoms with van der Waals surface area (Å²) in [6.07, 6.45) is 0. The lowest BCUT2D eigenvalue weighted by molar-refractivity contribution is 0.300. The highest BCUT2D eigenvalue weighted by molar-refractivity contribution is 5.48. The second kappa shape index (κ2) is 8.57. The van der Waals surface area contributed by atoms with Crippen LogP contribution in [0.2, 0.25) is 0 Å². The summed E-state index contributed by atoms with van der Waals surface area (Å²) >= 11 is 0. The van der Waals surface area contributed by atoms with Crippen molar-refractivity contribution in [2.24, 2.45) is 0 Å². The average molecular weight is 306 g/mol. The van der Waals surface area contributed by atoms with Gasteiger partial charge < -0.3 is 10.1 Å². The van der Waals surface area contributed by atoms with Gasteiger partial charge in [0, 0.05) is 12.6 Å². The van der Waals surface area contributed by atoms with Crippen LogP contribution < -0.4 is 10.1 Å². The zero-order chi connectivity index (χ0) is 16.9. The van der Waals surface area contributed by atoms with Crippen molar-refractivity contribution in [2.45, 2.75) is 79.2 Å². The minimum Gasteiger partial charge on any atom is -0.492 e. The number of benzene rings is 1. The van der Waals surface area contributed by atoms with Crippen molar-refractivity contribution in [2.75, 3.05) is 13.2 Å². The molecule has 1 aromatic rings. The monoisotopic (exact) mass is 305 g/mol. The van der Waals surface area contributed by atoms with E-state index in [4.69, 9.17) is 4.74 Å². The summed E-state index contributed by atoms with van der Waals surface area (Å²) in [6.45, 7) is 19.5. The van der Waals surface area contributed by atoms with E-state index in [1.807, 2.05) is 0 Å². The molecule has 22 heavy (non-hydrogen) atoms. The zero-order valence-corrected chi connectivity index (χ0v) is 15.8. The summed E-state index contributed by atoms with van der Waals surface area (Å²) in [5, 5.41) is 3.42. The standard InChI is InChI=1S/C20H35NO/c1-13(2)17-11-18(14(3)4)20(19(12-17)15(5)6)22-10-9-21-16(7)8/h11-16,21H,9-10H2,1-8H3. The van der Waals surface area contributed by atoms with Crippen LogP contribution in [0, 0.1) is 0 Å². The fraction of sp³-hybridized carbons (Fsp3) is 0.700. The Morgan fingerprint density at radius 1 is 0.818 bits per heavy atom. The molecule has 1 aromatic carbocycles. The Morgan fingerprint density at radius 2 is 1.32 bits per heavy atom. The van der Waals surface area contributed by atoms with Gasteiger partial charge in [0.05, 0.1) is 0 Å². The van der Waals surface area contributed by atoms with Crippen LogP contribution in [0.4, 0.5) is 0 Å². The van der Waals surface area contributed by atoms with Crippen LogP contribution in [0.5, 0.6) is 5.75 Å². The van der Waals surface area contributed by atoms with Gasteiger partial charge in [-0.15, -0.1) is 0 Å². The molecular formula is C20H35NO. The predicted octanol–water partition coefficient (Wildman–Crippen LogP) is 5.43. The van der Waals surface area contributed by atoms with Crippen molar-refractivity contribution in [3.8, 4) is 5.75 Å². The van der Waals surface area contributed by atoms with Crippen molar-refractivity contribution >= 4 is 0 Å². The van der Waals surface area contributed by atoms with Gasteiger partial charge in [0.1, 0.15) is 12.4 Å². The minimum absolute atomic E-state index is 0.476. The maximum Gasteiger partial charge on any atom is 0.126 e. The van der Waals surface area contributed by atoms with Crippen molar-refractivity contribution < 1.29 is 4.74 Å². The highest BCUT2D eigenvalue weighted by Gasteiger charge is 2.18. The van der Waals surface area contributed by atoms with Gasteiger partial charge in [0.15, 0.2) is 0 Å². The van der Waals surface area contributed by atoms with Crippen molar-refractivity contribution in [3.63, 3.8) is 0 Å². The van der Waals surface area contributed by atoms with Gasteiger partial charge in [-0.1, -0.05) is 67.5 Å². The first-order valence-corrected chi connectivity index (χ1v) is 8.77. The molecule has 0 aliphatic rings. The van der Waals surface area contributed by atoms with Gasteiger partial charge >= 0.3 is 0 Å². The molecule has 0 radical (unpaired) electrons. The number of hydrogen-bond donors (Lipinski definition) is 1. The van der Waals surface area contributed by atoms with Gasteiger partial charge in [-0.25, -0.2) is 0 Å². The van der Waals surface area contributed by atoms with Gasteiger partial charge in [-0.05, 0) is 34.4 Å². The Labute approximate surface area is 137 Å². The number of hydrogen-bond acceptors (Lipinski definition) is 2. The highest BCUT2D eigenvalue weighted by atomic mass is 16.5. The van der Waals surface area contributed by atoms with E-state index in [1.54, 1.807) is 0 Å². The third kappa shape index (κ3) is 5.31. The molecular weight excluding hydrogens is 270 g/mol. The molecule has 0 amide bonds. The Kier molecular flexibility index (Phi) is 7.41. The zero-order valence-electron chi connectivity index (χ0n) is 15.8. The fourth-order valence-corrected chi connectivity index (χ4v) is 2.56. The molecule has 0 fully saturated rings. The van der Waals surface area contributed by atoms with Gasteiger partial charge in [-0.2, -0.15) is 0 Å². The highest BCUT2D eigenvalue weighted by Crippen LogP contribution is 2.37. The quantitative estimate of drug-likeness (QED) is 0.646. The van der Waals surface area contributed by atoms with Gasteiger partial charge in [-0.3, -0.25) is 0 Å². The largest absolute Gasteiger partial charge is 0.492 e. The predicted molar refractivity (Wildman–Crippen MR) is 97.3 cm³/mol. The van der Waals surface area contributed by atoms with E-state index in [-0.39, 0.29) is 0 Å². The van der Waals surface area contributed by atoms with Crippen molar-refractivity contribution in [3.05, 3.63) is 28.8 Å². The van der Waals surface area contributed by atoms with E-state index < -0.39 is 0 Å². The lowest BCUT2D eigenvalue weighted by Crippen LogP contribution is -2.28. The smallest absolute Gasteiger partial charge is 0.126 e. The summed E-state index contributed by atoms with van der Waals surface area (Å²) in [6, 6.07) is 5.18. The van der Waals surface area contributed by atoms with Crippen LogP contribution in [0.25, 0.3) is 0 Å². The van der Waals surface area contributed by atoms with E-state index >= 15 is 0 Å². The molecule has 0 saturated heterocycles. The van der Waals surface area contributed by atoms with E-state index in [1.165, 1.54) is 16.7 Å². The second-order valence-electron chi connectivity index (χ2n) is 7.45. The molecule has 126 valence electrons. The molecule has 0 aromatic heterocycles. The number of ether oxygens (including phenoxy) is 1. The van der Waals surface area contributed by atoms with Crippen LogP contribution >= 0.6 is 0 Å². The van der Waals surface area contributed by atoms with Crippen LogP contribution in [-0.2, 0) is 0 Å². The summed E-state index contributed by atoms with van der Waals surface area (Å²) in [5.41, 5.74) is 4.11. The molecule has 0 unspecified atom stereocenters. The van der Waals surface area contributed by atoms with Crippen LogP contribution in [0.1, 0.15) is 89.8 Å². The van der Waals surface area contributed by atoms with Gasteiger partial charge in [0.2, 0.25) is 0 Å². The summed E-state index contributed by atoms with van der Waals surface area (Å²) in [7, 11) is 0. The topological polar surface area (TPSA) is 21.3 Å². The molecule has 1 rings (SSSR count). The van der Waals surface area contributed by atoms with Gasteiger partial charge in [0.25, 0.3) is 0 Å². The SMILES string of the molecule is CC(C)NCCOc1c(C(C)C)cc(C(C)C)cc1C(C)C. The van der Waals surface area contributed by atoms with Crippen molar-refractivity contribution in [1.82, 2.24) is 5.32 Å². The molecule has 1 N–H and O–H groups in total. The Hall–Kier alpha value is -1.02. The van der Waals surface area contributed by atoms with E-state index in [0.717, 1.165) is 18.9 Å². The number of rotatable bonds is 8. The summed E-state index contributed by atoms with van der Waals surface area (Å²) < 4.78 is 6.21. The lowest BCUT2D eigenvalue weighted by Gasteiger charge is -2.23. The van der Waals surface area contributed by atoms with E-state index in [0.29, 0.717) is 23.8 Å². The van der Waals surface area contributed by atoms with Crippen LogP contribution in [0.15, 0.2) is 12.1 Å². The lowest BCUT2D eigenvalue weighted by atomic mass is 9.88. The average Bonchev–Trinajstić information content (AvgIpc) is 2.42. The van der Waals surface area contributed by atoms with Crippen LogP contribution in [0.3, 0.4) is 0 Å². The Balaban J connectivity index is 3.10. The number of nitrogens with one attached hydrogen (secondary N) is 1. The molecule has 0 bridgehead atoms. The first kappa shape index (κ1) is 19.0. The molecule has 0 aliphatic carbocycles. The third-order valence-electron chi connectivity index (χ3n) is 3.98. The molecule has 2 heteroatoms. The fourth-order valence-electron chi connectivity index (χ4n) is 2.56. The molecule has 2 nitrogen and oxygen atoms in total. The Bertz CT molecular complexity index is 432. The molecule has 0 atom stereocenters. The maximum absolute atomic E-state index is 6.21. The molecule has 0 aliphatic heterocycles. The van der Waals surface area contributed by atoms with Crippen LogP contribution in [-0.4, -0.2) is 19.2 Å². The minimum atomic E-state index is 0.476. The first-order valence-electron chi connectivity index (χ1n) is 8.77. The van der Waals surface area contributed by atoms with E-state index in [9.17, 15) is 0 Å². The van der Waals surface area contributed by atoms with E-state index in [2.05, 4.69) is 72.8 Å². The maximum atomic E-state index is 6.21. The second-order valence-corrected chi connectivity index (χ2v) is 7.45. The van der Waals surface area contributed by atoms with Crippen molar-refractivity contribution in [1.29, 1.82) is 0 Å². The molecule has 0 heterocycles. The molecule has 0 spiro atoms. The third-order valence-corrected chi connectivity index (χ3v) is 3.98. The summed E-state index contributed by atoms with van der Waals surface area (Å²) in [5.74, 6) is 2.61. The Morgan fingerprint density at radius 3 is 1.68 bits per heavy atom. The summed E-state index contributed by atoms with van der Waals surface area (Å²) in [4.78, 5) is 0. The normalized spacial score (nSPS) is 12.0. The molecule has 0 saturated carbocycles. The first-order chi connectivity index (χ1) is 10.2.